The van der Waals surface area contributed by atoms with E-state index in [4.69, 9.17) is 5.26 Å². The molecule has 1 heterocycles. The highest BCUT2D eigenvalue weighted by molar-refractivity contribution is 7.94. The molecule has 126 valence electrons. The number of benzene rings is 1. The van der Waals surface area contributed by atoms with Crippen molar-refractivity contribution < 1.29 is 24.5 Å². The van der Waals surface area contributed by atoms with Crippen LogP contribution in [0.25, 0.3) is 0 Å². The van der Waals surface area contributed by atoms with Crippen molar-refractivity contribution in [1.82, 2.24) is 0 Å². The summed E-state index contributed by atoms with van der Waals surface area (Å²) in [4.78, 5) is 17.2. The van der Waals surface area contributed by atoms with Gasteiger partial charge in [0.1, 0.15) is 5.75 Å². The Bertz CT molecular complexity index is 807. The van der Waals surface area contributed by atoms with E-state index < -0.39 is 5.41 Å². The number of carbonyl (C=O) groups excluding carboxylic acids is 1. The van der Waals surface area contributed by atoms with Crippen molar-refractivity contribution in [3.8, 4) is 5.75 Å². The predicted molar refractivity (Wildman–Crippen MR) is 90.3 cm³/mol. The number of phenolic OH excluding ortho intramolecular Hbond substituents is 1. The SMILES string of the molecule is CCC1=CC2=Nc3cc(SOOO)c(O)cc3C(C)(C)C2=CC1=O. The fraction of sp³-hybridized carbons (Fsp3) is 0.294. The number of rotatable bonds is 4. The molecule has 0 saturated carbocycles. The normalized spacial score (nSPS) is 18.3. The fourth-order valence-electron chi connectivity index (χ4n) is 3.03. The van der Waals surface area contributed by atoms with Gasteiger partial charge in [-0.2, -0.15) is 0 Å². The largest absolute Gasteiger partial charge is 0.507 e. The second-order valence-corrected chi connectivity index (χ2v) is 6.87. The molecule has 1 aliphatic carbocycles. The third kappa shape index (κ3) is 2.69. The number of allylic oxidation sites excluding steroid dienone is 4. The Morgan fingerprint density at radius 3 is 2.71 bits per heavy atom. The van der Waals surface area contributed by atoms with E-state index in [1.54, 1.807) is 18.2 Å². The zero-order chi connectivity index (χ0) is 17.5. The maximum absolute atomic E-state index is 12.2. The van der Waals surface area contributed by atoms with E-state index in [9.17, 15) is 9.90 Å². The molecule has 0 atom stereocenters. The Morgan fingerprint density at radius 1 is 1.29 bits per heavy atom. The molecule has 0 unspecified atom stereocenters. The molecule has 0 bridgehead atoms. The van der Waals surface area contributed by atoms with Crippen LogP contribution in [0.5, 0.6) is 5.75 Å². The molecule has 0 spiro atoms. The van der Waals surface area contributed by atoms with Gasteiger partial charge in [0, 0.05) is 11.0 Å². The lowest BCUT2D eigenvalue weighted by molar-refractivity contribution is -0.432. The van der Waals surface area contributed by atoms with Crippen molar-refractivity contribution in [3.05, 3.63) is 41.0 Å². The van der Waals surface area contributed by atoms with Gasteiger partial charge in [0.25, 0.3) is 0 Å². The van der Waals surface area contributed by atoms with Gasteiger partial charge in [-0.3, -0.25) is 4.79 Å². The quantitative estimate of drug-likeness (QED) is 0.370. The number of aliphatic imine (C=N–C) groups is 1. The first-order valence-electron chi connectivity index (χ1n) is 7.47. The summed E-state index contributed by atoms with van der Waals surface area (Å²) in [6.07, 6.45) is 4.12. The molecule has 3 rings (SSSR count). The molecule has 24 heavy (non-hydrogen) atoms. The Morgan fingerprint density at radius 2 is 2.04 bits per heavy atom. The first-order valence-corrected chi connectivity index (χ1v) is 8.21. The number of aromatic hydroxyl groups is 1. The van der Waals surface area contributed by atoms with Crippen molar-refractivity contribution in [2.45, 2.75) is 37.5 Å². The highest BCUT2D eigenvalue weighted by Gasteiger charge is 2.37. The van der Waals surface area contributed by atoms with Crippen LogP contribution in [-0.2, 0) is 19.6 Å². The van der Waals surface area contributed by atoms with Crippen LogP contribution in [-0.4, -0.2) is 21.9 Å². The molecule has 0 aromatic heterocycles. The Balaban J connectivity index is 2.16. The molecule has 0 amide bonds. The summed E-state index contributed by atoms with van der Waals surface area (Å²) in [5, 5.41) is 22.0. The lowest BCUT2D eigenvalue weighted by Gasteiger charge is -2.35. The maximum Gasteiger partial charge on any atom is 0.182 e. The molecule has 0 fully saturated rings. The molecular weight excluding hydrogens is 330 g/mol. The highest BCUT2D eigenvalue weighted by Crippen LogP contribution is 2.47. The van der Waals surface area contributed by atoms with Gasteiger partial charge in [0.15, 0.2) is 5.78 Å². The monoisotopic (exact) mass is 347 g/mol. The van der Waals surface area contributed by atoms with Crippen LogP contribution in [0.4, 0.5) is 5.69 Å². The number of hydrogen-bond donors (Lipinski definition) is 2. The fourth-order valence-corrected chi connectivity index (χ4v) is 3.43. The molecule has 0 saturated heterocycles. The summed E-state index contributed by atoms with van der Waals surface area (Å²) in [5.41, 5.74) is 3.33. The molecule has 0 radical (unpaired) electrons. The zero-order valence-electron chi connectivity index (χ0n) is 13.5. The van der Waals surface area contributed by atoms with Crippen LogP contribution in [0.1, 0.15) is 32.8 Å². The number of phenols is 1. The van der Waals surface area contributed by atoms with E-state index in [2.05, 4.69) is 14.4 Å². The summed E-state index contributed by atoms with van der Waals surface area (Å²) in [6.45, 7) is 5.91. The van der Waals surface area contributed by atoms with Gasteiger partial charge in [-0.25, -0.2) is 10.2 Å². The number of nitrogens with zero attached hydrogens (tertiary/aromatic N) is 1. The maximum atomic E-state index is 12.2. The van der Waals surface area contributed by atoms with Gasteiger partial charge >= 0.3 is 0 Å². The Labute approximate surface area is 143 Å². The summed E-state index contributed by atoms with van der Waals surface area (Å²) >= 11 is 0.679. The van der Waals surface area contributed by atoms with Crippen LogP contribution in [0, 0.1) is 0 Å². The van der Waals surface area contributed by atoms with Crippen LogP contribution in [0.3, 0.4) is 0 Å². The van der Waals surface area contributed by atoms with E-state index in [-0.39, 0.29) is 11.5 Å². The van der Waals surface area contributed by atoms with E-state index in [1.165, 1.54) is 0 Å². The summed E-state index contributed by atoms with van der Waals surface area (Å²) in [7, 11) is 0. The zero-order valence-corrected chi connectivity index (χ0v) is 14.3. The molecule has 7 heteroatoms. The van der Waals surface area contributed by atoms with Crippen molar-refractivity contribution in [1.29, 1.82) is 0 Å². The smallest absolute Gasteiger partial charge is 0.182 e. The Hall–Kier alpha value is -1.93. The molecule has 1 aromatic carbocycles. The second-order valence-electron chi connectivity index (χ2n) is 6.13. The summed E-state index contributed by atoms with van der Waals surface area (Å²) in [5.74, 6) is -0.0112. The first kappa shape index (κ1) is 16.9. The van der Waals surface area contributed by atoms with Crippen molar-refractivity contribution in [3.63, 3.8) is 0 Å². The Kier molecular flexibility index (Phi) is 4.35. The van der Waals surface area contributed by atoms with Crippen LogP contribution < -0.4 is 0 Å². The number of ketones is 1. The van der Waals surface area contributed by atoms with Gasteiger partial charge in [0.05, 0.1) is 28.3 Å². The van der Waals surface area contributed by atoms with Gasteiger partial charge in [-0.1, -0.05) is 25.8 Å². The average molecular weight is 347 g/mol. The van der Waals surface area contributed by atoms with Crippen LogP contribution in [0.15, 0.2) is 45.3 Å². The van der Waals surface area contributed by atoms with Gasteiger partial charge in [-0.05, 0) is 41.8 Å². The standard InChI is InChI=1S/C17H17NO5S/c1-4-9-5-12-10(6-14(9)19)17(2,3)11-7-15(20)16(24-23-22-21)8-13(11)18-12/h5-8,20-21H,4H2,1-3H3. The van der Waals surface area contributed by atoms with Gasteiger partial charge < -0.3 is 5.11 Å². The molecule has 2 N–H and O–H groups in total. The topological polar surface area (TPSA) is 88.3 Å². The highest BCUT2D eigenvalue weighted by atomic mass is 32.2. The van der Waals surface area contributed by atoms with Crippen molar-refractivity contribution in [2.75, 3.05) is 0 Å². The van der Waals surface area contributed by atoms with Crippen LogP contribution in [0.2, 0.25) is 0 Å². The molecular formula is C17H17NO5S. The third-order valence-electron chi connectivity index (χ3n) is 4.38. The van der Waals surface area contributed by atoms with E-state index in [1.807, 2.05) is 26.8 Å². The van der Waals surface area contributed by atoms with E-state index in [0.29, 0.717) is 29.0 Å². The van der Waals surface area contributed by atoms with Crippen LogP contribution >= 0.6 is 12.0 Å². The summed E-state index contributed by atoms with van der Waals surface area (Å²) in [6, 6.07) is 3.26. The second kappa shape index (κ2) is 6.18. The minimum atomic E-state index is -0.479. The van der Waals surface area contributed by atoms with Crippen molar-refractivity contribution in [2.24, 2.45) is 4.99 Å². The molecule has 2 aliphatic rings. The minimum Gasteiger partial charge on any atom is -0.507 e. The molecule has 1 aromatic rings. The molecule has 1 aliphatic heterocycles. The average Bonchev–Trinajstić information content (AvgIpc) is 2.54. The van der Waals surface area contributed by atoms with Crippen molar-refractivity contribution >= 4 is 29.2 Å². The first-order chi connectivity index (χ1) is 11.4. The van der Waals surface area contributed by atoms with Gasteiger partial charge in [0.2, 0.25) is 0 Å². The third-order valence-corrected chi connectivity index (χ3v) is 5.01. The minimum absolute atomic E-state index is 0.00728. The van der Waals surface area contributed by atoms with Gasteiger partial charge in [-0.15, -0.1) is 4.33 Å². The molecule has 6 nitrogen and oxygen atoms in total. The lowest BCUT2D eigenvalue weighted by atomic mass is 9.70. The number of hydrogen-bond acceptors (Lipinski definition) is 7. The number of fused-ring (bicyclic) bond motifs is 2. The summed E-state index contributed by atoms with van der Waals surface area (Å²) < 4.78 is 4.39. The predicted octanol–water partition coefficient (Wildman–Crippen LogP) is 4.03. The number of carbonyl (C=O) groups is 1. The van der Waals surface area contributed by atoms with E-state index in [0.717, 1.165) is 22.4 Å². The van der Waals surface area contributed by atoms with E-state index >= 15 is 0 Å². The lowest BCUT2D eigenvalue weighted by Crippen LogP contribution is -2.31.